The standard InChI is InChI=1S/C23H30N2O4S/c1-4-22(18-7-5-17(2)6-8-18)24-23(26)19-13-15-25(16-14-19)30(27,28)21-11-9-20(29-3)10-12-21/h5-12,19,22H,4,13-16H2,1-3H3,(H,24,26). The van der Waals surface area contributed by atoms with E-state index >= 15 is 0 Å². The number of amides is 1. The minimum Gasteiger partial charge on any atom is -0.497 e. The summed E-state index contributed by atoms with van der Waals surface area (Å²) < 4.78 is 32.3. The molecule has 30 heavy (non-hydrogen) atoms. The normalized spacial score (nSPS) is 16.8. The minimum atomic E-state index is -3.56. The highest BCUT2D eigenvalue weighted by atomic mass is 32.2. The van der Waals surface area contributed by atoms with E-state index in [1.54, 1.807) is 31.4 Å². The van der Waals surface area contributed by atoms with Gasteiger partial charge in [0.25, 0.3) is 0 Å². The van der Waals surface area contributed by atoms with Crippen molar-refractivity contribution in [2.45, 2.75) is 44.0 Å². The van der Waals surface area contributed by atoms with Gasteiger partial charge in [-0.05, 0) is 56.0 Å². The van der Waals surface area contributed by atoms with Crippen molar-refractivity contribution in [1.82, 2.24) is 9.62 Å². The quantitative estimate of drug-likeness (QED) is 0.727. The average Bonchev–Trinajstić information content (AvgIpc) is 2.78. The van der Waals surface area contributed by atoms with Gasteiger partial charge in [0.2, 0.25) is 15.9 Å². The number of piperidine rings is 1. The molecule has 1 heterocycles. The Bertz CT molecular complexity index is 948. The van der Waals surface area contributed by atoms with Gasteiger partial charge in [0.05, 0.1) is 18.0 Å². The van der Waals surface area contributed by atoms with Crippen LogP contribution in [-0.2, 0) is 14.8 Å². The van der Waals surface area contributed by atoms with Crippen molar-refractivity contribution in [3.05, 3.63) is 59.7 Å². The Kier molecular flexibility index (Phi) is 7.15. The third-order valence-corrected chi connectivity index (χ3v) is 7.64. The van der Waals surface area contributed by atoms with Gasteiger partial charge in [-0.3, -0.25) is 4.79 Å². The summed E-state index contributed by atoms with van der Waals surface area (Å²) in [7, 11) is -2.02. The lowest BCUT2D eigenvalue weighted by Crippen LogP contribution is -2.43. The number of rotatable bonds is 7. The molecule has 2 aromatic rings. The summed E-state index contributed by atoms with van der Waals surface area (Å²) >= 11 is 0. The first kappa shape index (κ1) is 22.3. The zero-order chi connectivity index (χ0) is 21.7. The molecular formula is C23H30N2O4S. The van der Waals surface area contributed by atoms with Gasteiger partial charge in [-0.15, -0.1) is 0 Å². The molecule has 0 saturated carbocycles. The van der Waals surface area contributed by atoms with Crippen LogP contribution in [0.2, 0.25) is 0 Å². The zero-order valence-electron chi connectivity index (χ0n) is 17.8. The fraction of sp³-hybridized carbons (Fsp3) is 0.435. The van der Waals surface area contributed by atoms with Crippen LogP contribution in [0.4, 0.5) is 0 Å². The van der Waals surface area contributed by atoms with Crippen LogP contribution in [0.5, 0.6) is 5.75 Å². The van der Waals surface area contributed by atoms with E-state index in [0.717, 1.165) is 12.0 Å². The van der Waals surface area contributed by atoms with Crippen LogP contribution in [0.3, 0.4) is 0 Å². The largest absolute Gasteiger partial charge is 0.497 e. The number of carbonyl (C=O) groups is 1. The number of ether oxygens (including phenoxy) is 1. The Hall–Kier alpha value is -2.38. The van der Waals surface area contributed by atoms with Crippen molar-refractivity contribution in [3.8, 4) is 5.75 Å². The predicted octanol–water partition coefficient (Wildman–Crippen LogP) is 3.67. The number of nitrogens with zero attached hydrogens (tertiary/aromatic N) is 1. The van der Waals surface area contributed by atoms with Crippen LogP contribution in [0.15, 0.2) is 53.4 Å². The Morgan fingerprint density at radius 3 is 2.23 bits per heavy atom. The summed E-state index contributed by atoms with van der Waals surface area (Å²) in [6.07, 6.45) is 1.84. The Morgan fingerprint density at radius 1 is 1.10 bits per heavy atom. The first-order valence-corrected chi connectivity index (χ1v) is 11.8. The smallest absolute Gasteiger partial charge is 0.243 e. The topological polar surface area (TPSA) is 75.7 Å². The number of sulfonamides is 1. The highest BCUT2D eigenvalue weighted by Crippen LogP contribution is 2.26. The molecule has 0 spiro atoms. The van der Waals surface area contributed by atoms with Crippen molar-refractivity contribution >= 4 is 15.9 Å². The van der Waals surface area contributed by atoms with E-state index in [0.29, 0.717) is 31.7 Å². The third-order valence-electron chi connectivity index (χ3n) is 5.73. The molecule has 162 valence electrons. The number of nitrogens with one attached hydrogen (secondary N) is 1. The molecule has 0 aliphatic carbocycles. The second kappa shape index (κ2) is 9.62. The molecule has 1 unspecified atom stereocenters. The van der Waals surface area contributed by atoms with Crippen molar-refractivity contribution in [2.24, 2.45) is 5.92 Å². The molecular weight excluding hydrogens is 400 g/mol. The molecule has 1 amide bonds. The van der Waals surface area contributed by atoms with Crippen molar-refractivity contribution in [2.75, 3.05) is 20.2 Å². The summed E-state index contributed by atoms with van der Waals surface area (Å²) in [5.41, 5.74) is 2.28. The maximum atomic E-state index is 12.9. The minimum absolute atomic E-state index is 0.00363. The summed E-state index contributed by atoms with van der Waals surface area (Å²) in [6.45, 7) is 4.77. The molecule has 1 aliphatic heterocycles. The van der Waals surface area contributed by atoms with Crippen LogP contribution in [0.25, 0.3) is 0 Å². The van der Waals surface area contributed by atoms with Crippen molar-refractivity contribution in [1.29, 1.82) is 0 Å². The molecule has 0 aromatic heterocycles. The van der Waals surface area contributed by atoms with Gasteiger partial charge in [-0.25, -0.2) is 8.42 Å². The molecule has 1 atom stereocenters. The summed E-state index contributed by atoms with van der Waals surface area (Å²) in [6, 6.07) is 14.6. The van der Waals surface area contributed by atoms with E-state index in [2.05, 4.69) is 12.2 Å². The van der Waals surface area contributed by atoms with Crippen LogP contribution in [0.1, 0.15) is 43.4 Å². The second-order valence-electron chi connectivity index (χ2n) is 7.73. The van der Waals surface area contributed by atoms with E-state index in [1.807, 2.05) is 31.2 Å². The zero-order valence-corrected chi connectivity index (χ0v) is 18.6. The third kappa shape index (κ3) is 5.02. The molecule has 1 saturated heterocycles. The highest BCUT2D eigenvalue weighted by molar-refractivity contribution is 7.89. The molecule has 1 fully saturated rings. The lowest BCUT2D eigenvalue weighted by atomic mass is 9.95. The maximum absolute atomic E-state index is 12.9. The lowest BCUT2D eigenvalue weighted by Gasteiger charge is -2.31. The predicted molar refractivity (Wildman–Crippen MR) is 117 cm³/mol. The van der Waals surface area contributed by atoms with Gasteiger partial charge in [-0.2, -0.15) is 4.31 Å². The van der Waals surface area contributed by atoms with Crippen LogP contribution in [0, 0.1) is 12.8 Å². The summed E-state index contributed by atoms with van der Waals surface area (Å²) in [4.78, 5) is 13.1. The van der Waals surface area contributed by atoms with Crippen molar-refractivity contribution < 1.29 is 17.9 Å². The van der Waals surface area contributed by atoms with Crippen LogP contribution < -0.4 is 10.1 Å². The lowest BCUT2D eigenvalue weighted by molar-refractivity contribution is -0.126. The number of aryl methyl sites for hydroxylation is 1. The van der Waals surface area contributed by atoms with Gasteiger partial charge in [0, 0.05) is 19.0 Å². The number of methoxy groups -OCH3 is 1. The first-order chi connectivity index (χ1) is 14.3. The maximum Gasteiger partial charge on any atom is 0.243 e. The molecule has 0 radical (unpaired) electrons. The van der Waals surface area contributed by atoms with Gasteiger partial charge >= 0.3 is 0 Å². The Morgan fingerprint density at radius 2 is 1.70 bits per heavy atom. The molecule has 0 bridgehead atoms. The van der Waals surface area contributed by atoms with Gasteiger partial charge in [0.15, 0.2) is 0 Å². The molecule has 3 rings (SSSR count). The molecule has 2 aromatic carbocycles. The monoisotopic (exact) mass is 430 g/mol. The second-order valence-corrected chi connectivity index (χ2v) is 9.67. The average molecular weight is 431 g/mol. The summed E-state index contributed by atoms with van der Waals surface area (Å²) in [5.74, 6) is 0.444. The Labute approximate surface area is 179 Å². The van der Waals surface area contributed by atoms with Crippen molar-refractivity contribution in [3.63, 3.8) is 0 Å². The number of hydrogen-bond acceptors (Lipinski definition) is 4. The van der Waals surface area contributed by atoms with E-state index < -0.39 is 10.0 Å². The van der Waals surface area contributed by atoms with E-state index in [4.69, 9.17) is 4.74 Å². The Balaban J connectivity index is 1.59. The number of hydrogen-bond donors (Lipinski definition) is 1. The molecule has 7 heteroatoms. The van der Waals surface area contributed by atoms with E-state index in [9.17, 15) is 13.2 Å². The SMILES string of the molecule is CCC(NC(=O)C1CCN(S(=O)(=O)c2ccc(OC)cc2)CC1)c1ccc(C)cc1. The number of benzene rings is 2. The molecule has 6 nitrogen and oxygen atoms in total. The van der Waals surface area contributed by atoms with Gasteiger partial charge in [0.1, 0.15) is 5.75 Å². The highest BCUT2D eigenvalue weighted by Gasteiger charge is 2.32. The first-order valence-electron chi connectivity index (χ1n) is 10.4. The van der Waals surface area contributed by atoms with Crippen LogP contribution in [-0.4, -0.2) is 38.8 Å². The van der Waals surface area contributed by atoms with E-state index in [1.165, 1.54) is 9.87 Å². The number of carbonyl (C=O) groups excluding carboxylic acids is 1. The van der Waals surface area contributed by atoms with Gasteiger partial charge in [-0.1, -0.05) is 36.8 Å². The van der Waals surface area contributed by atoms with E-state index in [-0.39, 0.29) is 22.8 Å². The molecule has 1 N–H and O–H groups in total. The fourth-order valence-corrected chi connectivity index (χ4v) is 5.23. The summed E-state index contributed by atoms with van der Waals surface area (Å²) in [5, 5.41) is 3.15. The van der Waals surface area contributed by atoms with Gasteiger partial charge < -0.3 is 10.1 Å². The molecule has 1 aliphatic rings. The van der Waals surface area contributed by atoms with Crippen LogP contribution >= 0.6 is 0 Å². The fourth-order valence-electron chi connectivity index (χ4n) is 3.76.